The number of hydrogen-bond donors (Lipinski definition) is 0. The number of hydrogen-bond acceptors (Lipinski definition) is 0. The maximum absolute atomic E-state index is 10.3. The van der Waals surface area contributed by atoms with Gasteiger partial charge >= 0.3 is 0 Å². The zero-order valence-corrected chi connectivity index (χ0v) is 29.4. The van der Waals surface area contributed by atoms with Crippen LogP contribution in [0.5, 0.6) is 0 Å². The van der Waals surface area contributed by atoms with Gasteiger partial charge < -0.3 is 13.7 Å². The molecule has 0 aliphatic rings. The molecule has 0 N–H and O–H groups in total. The first-order valence-corrected chi connectivity index (χ1v) is 17.9. The first-order chi connectivity index (χ1) is 37.1. The van der Waals surface area contributed by atoms with E-state index in [1.807, 2.05) is 66.7 Å². The van der Waals surface area contributed by atoms with Crippen LogP contribution >= 0.6 is 0 Å². The molecule has 12 rings (SSSR count). The van der Waals surface area contributed by atoms with Crippen molar-refractivity contribution in [3.8, 4) is 39.3 Å². The number of fused-ring (bicyclic) bond motifs is 9. The van der Waals surface area contributed by atoms with Gasteiger partial charge in [-0.2, -0.15) is 0 Å². The van der Waals surface area contributed by atoms with Crippen molar-refractivity contribution >= 4 is 65.4 Å². The van der Waals surface area contributed by atoms with E-state index >= 15 is 0 Å². The highest BCUT2D eigenvalue weighted by Gasteiger charge is 2.21. The minimum atomic E-state index is -0.786. The van der Waals surface area contributed by atoms with Gasteiger partial charge in [0.1, 0.15) is 0 Å². The van der Waals surface area contributed by atoms with E-state index in [1.54, 1.807) is 12.1 Å². The van der Waals surface area contributed by atoms with Crippen LogP contribution in [0.3, 0.4) is 0 Å². The second-order valence-corrected chi connectivity index (χ2v) is 13.3. The van der Waals surface area contributed by atoms with Crippen molar-refractivity contribution in [1.82, 2.24) is 13.7 Å². The summed E-state index contributed by atoms with van der Waals surface area (Å²) in [6.07, 6.45) is 0. The fourth-order valence-electron chi connectivity index (χ4n) is 7.91. The quantitative estimate of drug-likeness (QED) is 0.167. The maximum Gasteiger partial charge on any atom is 0.0652 e. The summed E-state index contributed by atoms with van der Waals surface area (Å²) in [6, 6.07) is 10.2. The molecule has 3 heteroatoms. The third kappa shape index (κ3) is 4.73. The van der Waals surface area contributed by atoms with E-state index in [0.717, 1.165) is 9.13 Å². The Morgan fingerprint density at radius 2 is 0.719 bits per heavy atom. The van der Waals surface area contributed by atoms with Crippen LogP contribution in [0.2, 0.25) is 0 Å². The predicted molar refractivity (Wildman–Crippen MR) is 240 cm³/mol. The molecule has 3 nitrogen and oxygen atoms in total. The van der Waals surface area contributed by atoms with Gasteiger partial charge in [-0.1, -0.05) is 151 Å². The molecule has 0 radical (unpaired) electrons. The average molecular weight is 747 g/mol. The van der Waals surface area contributed by atoms with Crippen LogP contribution in [0, 0.1) is 0 Å². The second kappa shape index (κ2) is 12.5. The van der Waals surface area contributed by atoms with Gasteiger partial charge in [-0.3, -0.25) is 0 Å². The first kappa shape index (κ1) is 17.5. The highest BCUT2D eigenvalue weighted by Crippen LogP contribution is 2.43. The standard InChI is InChI=1S/C54H35N3/c1-3-16-36(17-4-1)40-24-15-25-41(37-18-5-2-6-19-37)54(40)57-51-29-14-10-23-45(51)47-35-39(31-33-53(47)57)56-50-28-13-9-22-44(50)46-34-38(30-32-52(46)56)55-48-26-11-7-20-42(48)43-21-8-12-27-49(43)55/h1-35H/i7D,8D,9D,10D,11D,12D,13D,14D,20D,21D,22D,23D,26D,27D,28D,29D,30D,31D,32D,33D,35D. The smallest absolute Gasteiger partial charge is 0.0652 e. The summed E-state index contributed by atoms with van der Waals surface area (Å²) < 4.78 is 197. The first-order valence-electron chi connectivity index (χ1n) is 28.4. The van der Waals surface area contributed by atoms with Crippen molar-refractivity contribution in [2.24, 2.45) is 0 Å². The molecular weight excluding hydrogens is 691 g/mol. The molecule has 57 heavy (non-hydrogen) atoms. The van der Waals surface area contributed by atoms with Crippen molar-refractivity contribution in [3.05, 3.63) is 212 Å². The lowest BCUT2D eigenvalue weighted by Gasteiger charge is -2.19. The van der Waals surface area contributed by atoms with Gasteiger partial charge in [0.25, 0.3) is 0 Å². The Labute approximate surface area is 359 Å². The summed E-state index contributed by atoms with van der Waals surface area (Å²) >= 11 is 0. The fourth-order valence-corrected chi connectivity index (χ4v) is 7.91. The molecule has 9 aromatic carbocycles. The molecule has 0 atom stereocenters. The van der Waals surface area contributed by atoms with E-state index in [-0.39, 0.29) is 43.4 Å². The van der Waals surface area contributed by atoms with E-state index in [1.165, 1.54) is 10.6 Å². The molecule has 0 amide bonds. The highest BCUT2D eigenvalue weighted by atomic mass is 15.0. The van der Waals surface area contributed by atoms with Crippen molar-refractivity contribution in [3.63, 3.8) is 0 Å². The van der Waals surface area contributed by atoms with Crippen LogP contribution in [-0.4, -0.2) is 13.7 Å². The number of nitrogens with zero attached hydrogens (tertiary/aromatic N) is 3. The molecule has 0 spiro atoms. The zero-order valence-electron chi connectivity index (χ0n) is 50.4. The van der Waals surface area contributed by atoms with Crippen LogP contribution < -0.4 is 0 Å². The van der Waals surface area contributed by atoms with E-state index in [9.17, 15) is 12.3 Å². The summed E-state index contributed by atoms with van der Waals surface area (Å²) in [6.45, 7) is 0. The average Bonchev–Trinajstić information content (AvgIpc) is 3.71. The zero-order chi connectivity index (χ0) is 55.7. The Bertz CT molecular complexity index is 4600. The van der Waals surface area contributed by atoms with Gasteiger partial charge in [0.05, 0.1) is 67.6 Å². The summed E-state index contributed by atoms with van der Waals surface area (Å²) in [4.78, 5) is 0. The van der Waals surface area contributed by atoms with Crippen molar-refractivity contribution < 1.29 is 28.8 Å². The molecule has 12 aromatic rings. The van der Waals surface area contributed by atoms with Crippen LogP contribution in [0.15, 0.2) is 212 Å². The van der Waals surface area contributed by atoms with Gasteiger partial charge in [0.15, 0.2) is 0 Å². The SMILES string of the molecule is [2H]c1c([2H])c([2H])c2c(c1[2H])c1cc(-n3c4c([2H])c([2H])c([2H])c([2H])c4c4c([2H])c([2H])c([2H])c([2H])c43)c([2H])c([2H])c1n2-c1c([2H])c([2H])c2c(c1[2H])c1c([2H])c([2H])c([2H])c([2H])c1n2-c1c(-c2ccccc2)cccc1-c1ccccc1. The van der Waals surface area contributed by atoms with Crippen molar-refractivity contribution in [2.75, 3.05) is 0 Å². The lowest BCUT2D eigenvalue weighted by atomic mass is 9.95. The number of para-hydroxylation sites is 5. The van der Waals surface area contributed by atoms with E-state index < -0.39 is 160 Å². The summed E-state index contributed by atoms with van der Waals surface area (Å²) in [5, 5.41) is -1.69. The molecule has 0 saturated heterocycles. The van der Waals surface area contributed by atoms with E-state index in [4.69, 9.17) is 16.4 Å². The normalized spacial score (nSPS) is 17.0. The number of benzene rings is 9. The Morgan fingerprint density at radius 1 is 0.316 bits per heavy atom. The molecule has 3 aromatic heterocycles. The van der Waals surface area contributed by atoms with Gasteiger partial charge in [-0.05, 0) is 71.6 Å². The Balaban J connectivity index is 1.29. The molecule has 0 unspecified atom stereocenters. The van der Waals surface area contributed by atoms with Crippen molar-refractivity contribution in [1.29, 1.82) is 0 Å². The Morgan fingerprint density at radius 3 is 1.26 bits per heavy atom. The van der Waals surface area contributed by atoms with Gasteiger partial charge in [0.2, 0.25) is 0 Å². The fraction of sp³-hybridized carbons (Fsp3) is 0. The topological polar surface area (TPSA) is 14.8 Å². The van der Waals surface area contributed by atoms with Gasteiger partial charge in [-0.25, -0.2) is 0 Å². The Hall–Kier alpha value is -7.62. The number of rotatable bonds is 5. The monoisotopic (exact) mass is 746 g/mol. The molecule has 0 bridgehead atoms. The molecular formula is C54H35N3. The largest absolute Gasteiger partial charge is 0.309 e. The molecule has 0 saturated carbocycles. The van der Waals surface area contributed by atoms with Gasteiger partial charge in [0, 0.05) is 54.8 Å². The lowest BCUT2D eigenvalue weighted by molar-refractivity contribution is 1.16. The van der Waals surface area contributed by atoms with Gasteiger partial charge in [-0.15, -0.1) is 0 Å². The molecule has 0 aliphatic heterocycles. The van der Waals surface area contributed by atoms with Crippen LogP contribution in [0.25, 0.3) is 105 Å². The van der Waals surface area contributed by atoms with Crippen LogP contribution in [-0.2, 0) is 0 Å². The van der Waals surface area contributed by atoms with Crippen LogP contribution in [0.4, 0.5) is 0 Å². The summed E-state index contributed by atoms with van der Waals surface area (Å²) in [5.74, 6) is 0. The second-order valence-electron chi connectivity index (χ2n) is 13.3. The Kier molecular flexibility index (Phi) is 3.81. The highest BCUT2D eigenvalue weighted by molar-refractivity contribution is 6.14. The number of aromatic nitrogens is 3. The minimum Gasteiger partial charge on any atom is -0.309 e. The third-order valence-corrected chi connectivity index (χ3v) is 10.3. The molecule has 0 aliphatic carbocycles. The molecule has 266 valence electrons. The third-order valence-electron chi connectivity index (χ3n) is 10.3. The van der Waals surface area contributed by atoms with Crippen LogP contribution in [0.1, 0.15) is 28.8 Å². The summed E-state index contributed by atoms with van der Waals surface area (Å²) in [7, 11) is 0. The van der Waals surface area contributed by atoms with E-state index in [0.29, 0.717) is 27.9 Å². The molecule has 3 heterocycles. The summed E-state index contributed by atoms with van der Waals surface area (Å²) in [5.41, 5.74) is -0.133. The maximum atomic E-state index is 10.3. The van der Waals surface area contributed by atoms with E-state index in [2.05, 4.69) is 0 Å². The lowest BCUT2D eigenvalue weighted by Crippen LogP contribution is -2.01. The predicted octanol–water partition coefficient (Wildman–Crippen LogP) is 14.3. The minimum absolute atomic E-state index is 0.152. The van der Waals surface area contributed by atoms with Crippen molar-refractivity contribution in [2.45, 2.75) is 0 Å². The molecule has 0 fully saturated rings.